The molecule has 0 saturated carbocycles. The van der Waals surface area contributed by atoms with Crippen molar-refractivity contribution in [2.45, 2.75) is 19.4 Å². The van der Waals surface area contributed by atoms with E-state index in [1.54, 1.807) is 0 Å². The summed E-state index contributed by atoms with van der Waals surface area (Å²) in [5.74, 6) is 1.61. The van der Waals surface area contributed by atoms with Crippen molar-refractivity contribution in [3.8, 4) is 17.3 Å². The van der Waals surface area contributed by atoms with Gasteiger partial charge in [-0.2, -0.15) is 5.26 Å². The predicted molar refractivity (Wildman–Crippen MR) is 118 cm³/mol. The molecule has 4 rings (SSSR count). The average Bonchev–Trinajstić information content (AvgIpc) is 2.84. The van der Waals surface area contributed by atoms with Crippen molar-refractivity contribution in [1.82, 2.24) is 25.5 Å². The number of anilines is 3. The van der Waals surface area contributed by atoms with Crippen LogP contribution in [0, 0.1) is 17.2 Å². The van der Waals surface area contributed by atoms with Gasteiger partial charge in [-0.1, -0.05) is 24.3 Å². The minimum atomic E-state index is 0.00126. The Morgan fingerprint density at radius 2 is 1.87 bits per heavy atom. The highest BCUT2D eigenvalue weighted by Gasteiger charge is 2.15. The fourth-order valence-corrected chi connectivity index (χ4v) is 3.49. The minimum absolute atomic E-state index is 0.00126. The third-order valence-electron chi connectivity index (χ3n) is 5.27. The van der Waals surface area contributed by atoms with E-state index in [0.29, 0.717) is 17.6 Å². The van der Waals surface area contributed by atoms with E-state index >= 15 is 0 Å². The lowest BCUT2D eigenvalue weighted by Gasteiger charge is -2.24. The van der Waals surface area contributed by atoms with E-state index in [-0.39, 0.29) is 12.3 Å². The second-order valence-electron chi connectivity index (χ2n) is 7.44. The zero-order chi connectivity index (χ0) is 21.5. The normalized spacial score (nSPS) is 14.1. The van der Waals surface area contributed by atoms with Crippen LogP contribution in [-0.4, -0.2) is 44.9 Å². The minimum Gasteiger partial charge on any atom is -0.392 e. The summed E-state index contributed by atoms with van der Waals surface area (Å²) in [6.45, 7) is 2.94. The van der Waals surface area contributed by atoms with Crippen molar-refractivity contribution in [2.24, 2.45) is 5.92 Å². The number of nitriles is 1. The number of piperidine rings is 1. The molecule has 1 saturated heterocycles. The highest BCUT2D eigenvalue weighted by molar-refractivity contribution is 5.76. The standard InChI is InChI=1S/C22H24N8O/c23-10-18-12-27-21(13-25-18)28-20-9-19(26-11-15-5-7-24-8-6-15)22(30-29-20)17-3-1-16(14-31)2-4-17/h1-4,9,12-13,15,24,31H,5-8,11,14H2,(H2,26,27,28,29). The van der Waals surface area contributed by atoms with Crippen LogP contribution in [0.2, 0.25) is 0 Å². The Bertz CT molecular complexity index is 1040. The Labute approximate surface area is 180 Å². The summed E-state index contributed by atoms with van der Waals surface area (Å²) in [6.07, 6.45) is 5.17. The van der Waals surface area contributed by atoms with Crippen molar-refractivity contribution in [3.05, 3.63) is 54.0 Å². The molecule has 1 fully saturated rings. The van der Waals surface area contributed by atoms with Gasteiger partial charge in [0.05, 0.1) is 24.7 Å². The maximum absolute atomic E-state index is 9.31. The fraction of sp³-hybridized carbons (Fsp3) is 0.318. The van der Waals surface area contributed by atoms with Gasteiger partial charge in [-0.25, -0.2) is 9.97 Å². The molecule has 9 heteroatoms. The number of benzene rings is 1. The van der Waals surface area contributed by atoms with Crippen molar-refractivity contribution >= 4 is 17.3 Å². The second-order valence-corrected chi connectivity index (χ2v) is 7.44. The Morgan fingerprint density at radius 1 is 1.06 bits per heavy atom. The van der Waals surface area contributed by atoms with E-state index in [2.05, 4.69) is 36.1 Å². The first-order valence-corrected chi connectivity index (χ1v) is 10.3. The van der Waals surface area contributed by atoms with E-state index in [0.717, 1.165) is 55.0 Å². The molecule has 0 amide bonds. The van der Waals surface area contributed by atoms with Gasteiger partial charge >= 0.3 is 0 Å². The molecule has 0 bridgehead atoms. The summed E-state index contributed by atoms with van der Waals surface area (Å²) in [7, 11) is 0. The van der Waals surface area contributed by atoms with Crippen LogP contribution < -0.4 is 16.0 Å². The fourth-order valence-electron chi connectivity index (χ4n) is 3.49. The smallest absolute Gasteiger partial charge is 0.158 e. The molecule has 31 heavy (non-hydrogen) atoms. The maximum atomic E-state index is 9.31. The Kier molecular flexibility index (Phi) is 6.62. The van der Waals surface area contributed by atoms with Crippen LogP contribution in [0.3, 0.4) is 0 Å². The van der Waals surface area contributed by atoms with Gasteiger partial charge in [0.15, 0.2) is 11.5 Å². The topological polar surface area (TPSA) is 132 Å². The van der Waals surface area contributed by atoms with Crippen LogP contribution in [0.5, 0.6) is 0 Å². The molecule has 1 aliphatic heterocycles. The average molecular weight is 416 g/mol. The molecule has 0 spiro atoms. The molecule has 158 valence electrons. The summed E-state index contributed by atoms with van der Waals surface area (Å²) in [4.78, 5) is 8.20. The molecule has 0 radical (unpaired) electrons. The molecule has 0 atom stereocenters. The SMILES string of the molecule is N#Cc1cnc(Nc2cc(NCC3CCNCC3)c(-c3ccc(CO)cc3)nn2)cn1. The van der Waals surface area contributed by atoms with E-state index < -0.39 is 0 Å². The van der Waals surface area contributed by atoms with Gasteiger partial charge in [0.2, 0.25) is 0 Å². The summed E-state index contributed by atoms with van der Waals surface area (Å²) in [6, 6.07) is 11.5. The van der Waals surface area contributed by atoms with Crippen LogP contribution in [0.4, 0.5) is 17.3 Å². The van der Waals surface area contributed by atoms with Crippen molar-refractivity contribution < 1.29 is 5.11 Å². The number of hydrogen-bond acceptors (Lipinski definition) is 9. The number of aliphatic hydroxyl groups is 1. The summed E-state index contributed by atoms with van der Waals surface area (Å²) in [5, 5.41) is 37.0. The van der Waals surface area contributed by atoms with Gasteiger partial charge in [-0.05, 0) is 37.4 Å². The predicted octanol–water partition coefficient (Wildman–Crippen LogP) is 2.45. The van der Waals surface area contributed by atoms with E-state index in [4.69, 9.17) is 5.26 Å². The number of aliphatic hydroxyl groups excluding tert-OH is 1. The zero-order valence-electron chi connectivity index (χ0n) is 17.0. The zero-order valence-corrected chi connectivity index (χ0v) is 17.0. The number of aromatic nitrogens is 4. The second kappa shape index (κ2) is 9.93. The highest BCUT2D eigenvalue weighted by atomic mass is 16.3. The molecule has 0 unspecified atom stereocenters. The molecular weight excluding hydrogens is 392 g/mol. The van der Waals surface area contributed by atoms with Crippen LogP contribution in [-0.2, 0) is 6.61 Å². The van der Waals surface area contributed by atoms with Crippen LogP contribution in [0.1, 0.15) is 24.1 Å². The van der Waals surface area contributed by atoms with Gasteiger partial charge in [0.1, 0.15) is 17.6 Å². The monoisotopic (exact) mass is 416 g/mol. The molecule has 3 heterocycles. The van der Waals surface area contributed by atoms with E-state index in [9.17, 15) is 5.11 Å². The molecule has 3 aromatic rings. The van der Waals surface area contributed by atoms with Crippen LogP contribution in [0.15, 0.2) is 42.7 Å². The largest absolute Gasteiger partial charge is 0.392 e. The summed E-state index contributed by atoms with van der Waals surface area (Å²) < 4.78 is 0. The lowest BCUT2D eigenvalue weighted by atomic mass is 9.98. The molecular formula is C22H24N8O. The van der Waals surface area contributed by atoms with Crippen molar-refractivity contribution in [3.63, 3.8) is 0 Å². The quantitative estimate of drug-likeness (QED) is 0.458. The van der Waals surface area contributed by atoms with Gasteiger partial charge in [0, 0.05) is 18.2 Å². The molecule has 4 N–H and O–H groups in total. The van der Waals surface area contributed by atoms with Crippen molar-refractivity contribution in [1.29, 1.82) is 5.26 Å². The van der Waals surface area contributed by atoms with Crippen LogP contribution in [0.25, 0.3) is 11.3 Å². The van der Waals surface area contributed by atoms with Gasteiger partial charge < -0.3 is 21.1 Å². The Balaban J connectivity index is 1.58. The molecule has 9 nitrogen and oxygen atoms in total. The van der Waals surface area contributed by atoms with Gasteiger partial charge in [-0.3, -0.25) is 0 Å². The third-order valence-corrected chi connectivity index (χ3v) is 5.27. The molecule has 1 aromatic carbocycles. The van der Waals surface area contributed by atoms with Crippen molar-refractivity contribution in [2.75, 3.05) is 30.3 Å². The number of hydrogen-bond donors (Lipinski definition) is 4. The first kappa shape index (κ1) is 20.7. The maximum Gasteiger partial charge on any atom is 0.158 e. The first-order chi connectivity index (χ1) is 15.2. The highest BCUT2D eigenvalue weighted by Crippen LogP contribution is 2.29. The first-order valence-electron chi connectivity index (χ1n) is 10.3. The number of nitrogens with one attached hydrogen (secondary N) is 3. The van der Waals surface area contributed by atoms with Crippen LogP contribution >= 0.6 is 0 Å². The van der Waals surface area contributed by atoms with Gasteiger partial charge in [-0.15, -0.1) is 10.2 Å². The Morgan fingerprint density at radius 3 is 2.55 bits per heavy atom. The summed E-state index contributed by atoms with van der Waals surface area (Å²) >= 11 is 0. The van der Waals surface area contributed by atoms with E-state index in [1.165, 1.54) is 12.4 Å². The molecule has 1 aliphatic rings. The lowest BCUT2D eigenvalue weighted by Crippen LogP contribution is -2.31. The number of rotatable bonds is 7. The molecule has 0 aliphatic carbocycles. The number of nitrogens with zero attached hydrogens (tertiary/aromatic N) is 5. The van der Waals surface area contributed by atoms with E-state index in [1.807, 2.05) is 36.4 Å². The Hall–Kier alpha value is -3.61. The lowest BCUT2D eigenvalue weighted by molar-refractivity contribution is 0.282. The third kappa shape index (κ3) is 5.31. The summed E-state index contributed by atoms with van der Waals surface area (Å²) in [5.41, 5.74) is 3.63. The molecule has 2 aromatic heterocycles. The van der Waals surface area contributed by atoms with Gasteiger partial charge in [0.25, 0.3) is 0 Å².